The van der Waals surface area contributed by atoms with Gasteiger partial charge in [0.1, 0.15) is 7.05 Å². The Morgan fingerprint density at radius 2 is 1.85 bits per heavy atom. The Kier molecular flexibility index (Phi) is 4.10. The van der Waals surface area contributed by atoms with Crippen LogP contribution < -0.4 is 15.0 Å². The fourth-order valence-electron chi connectivity index (χ4n) is 1.92. The van der Waals surface area contributed by atoms with Gasteiger partial charge in [0.15, 0.2) is 6.20 Å². The first-order valence-corrected chi connectivity index (χ1v) is 6.11. The van der Waals surface area contributed by atoms with E-state index in [4.69, 9.17) is 0 Å². The van der Waals surface area contributed by atoms with E-state index in [1.54, 1.807) is 19.3 Å². The van der Waals surface area contributed by atoms with Crippen LogP contribution in [-0.2, 0) is 13.6 Å². The van der Waals surface area contributed by atoms with Gasteiger partial charge in [0.25, 0.3) is 5.69 Å². The summed E-state index contributed by atoms with van der Waals surface area (Å²) >= 11 is 0. The molecule has 0 bridgehead atoms. The van der Waals surface area contributed by atoms with Crippen LogP contribution in [0.4, 0.5) is 0 Å². The van der Waals surface area contributed by atoms with Crippen LogP contribution >= 0.6 is 0 Å². The molecule has 2 rings (SSSR count). The Morgan fingerprint density at radius 1 is 1.15 bits per heavy atom. The standard InChI is InChI=1S/C15H14N2O3/c1-17-9-5-8-12(15(19)20)13(17)14(18)16-10-11-6-3-2-4-7-11/h2-9H,10H2,1H3,(H-,16,18,19,20). The van der Waals surface area contributed by atoms with Crippen LogP contribution in [0, 0.1) is 0 Å². The largest absolute Gasteiger partial charge is 0.545 e. The highest BCUT2D eigenvalue weighted by Gasteiger charge is 2.22. The maximum Gasteiger partial charge on any atom is 0.317 e. The summed E-state index contributed by atoms with van der Waals surface area (Å²) in [4.78, 5) is 23.2. The number of nitrogens with one attached hydrogen (secondary N) is 1. The quantitative estimate of drug-likeness (QED) is 0.782. The van der Waals surface area contributed by atoms with Crippen LogP contribution in [0.1, 0.15) is 26.4 Å². The van der Waals surface area contributed by atoms with Gasteiger partial charge in [0.2, 0.25) is 0 Å². The van der Waals surface area contributed by atoms with Crippen molar-refractivity contribution in [2.24, 2.45) is 7.05 Å². The van der Waals surface area contributed by atoms with Crippen molar-refractivity contribution in [1.82, 2.24) is 5.32 Å². The molecule has 0 spiro atoms. The molecule has 0 aliphatic rings. The van der Waals surface area contributed by atoms with Gasteiger partial charge in [-0.05, 0) is 11.6 Å². The Morgan fingerprint density at radius 3 is 2.50 bits per heavy atom. The third kappa shape index (κ3) is 3.00. The smallest absolute Gasteiger partial charge is 0.317 e. The second-order valence-electron chi connectivity index (χ2n) is 4.34. The van der Waals surface area contributed by atoms with Crippen molar-refractivity contribution in [2.45, 2.75) is 6.54 Å². The number of carboxylic acids is 1. The molecule has 5 heteroatoms. The van der Waals surface area contributed by atoms with Crippen molar-refractivity contribution in [2.75, 3.05) is 0 Å². The number of hydrogen-bond acceptors (Lipinski definition) is 3. The molecule has 0 unspecified atom stereocenters. The van der Waals surface area contributed by atoms with Gasteiger partial charge in [-0.1, -0.05) is 30.3 Å². The first-order chi connectivity index (χ1) is 9.59. The number of aryl methyl sites for hydroxylation is 1. The Labute approximate surface area is 116 Å². The molecular formula is C15H14N2O3. The van der Waals surface area contributed by atoms with Crippen LogP contribution in [0.3, 0.4) is 0 Å². The molecule has 20 heavy (non-hydrogen) atoms. The van der Waals surface area contributed by atoms with E-state index in [2.05, 4.69) is 5.32 Å². The Bertz CT molecular complexity index is 639. The molecule has 102 valence electrons. The number of amides is 1. The molecule has 0 saturated heterocycles. The minimum absolute atomic E-state index is 0.0726. The molecule has 0 radical (unpaired) electrons. The van der Waals surface area contributed by atoms with Gasteiger partial charge in [0.05, 0.1) is 11.5 Å². The Balaban J connectivity index is 2.19. The van der Waals surface area contributed by atoms with Crippen molar-refractivity contribution in [1.29, 1.82) is 0 Å². The first-order valence-electron chi connectivity index (χ1n) is 6.11. The number of pyridine rings is 1. The maximum absolute atomic E-state index is 12.1. The van der Waals surface area contributed by atoms with E-state index in [1.165, 1.54) is 10.6 Å². The first kappa shape index (κ1) is 13.7. The van der Waals surface area contributed by atoms with Crippen molar-refractivity contribution < 1.29 is 19.3 Å². The summed E-state index contributed by atoms with van der Waals surface area (Å²) in [5, 5.41) is 13.7. The Hall–Kier alpha value is -2.69. The summed E-state index contributed by atoms with van der Waals surface area (Å²) in [7, 11) is 1.61. The molecule has 1 heterocycles. The zero-order chi connectivity index (χ0) is 14.5. The molecule has 1 N–H and O–H groups in total. The molecule has 5 nitrogen and oxygen atoms in total. The average molecular weight is 270 g/mol. The SMILES string of the molecule is C[n+]1cccc(C(=O)[O-])c1C(=O)NCc1ccccc1. The van der Waals surface area contributed by atoms with E-state index < -0.39 is 11.9 Å². The van der Waals surface area contributed by atoms with Crippen LogP contribution in [0.2, 0.25) is 0 Å². The summed E-state index contributed by atoms with van der Waals surface area (Å²) in [6.07, 6.45) is 1.61. The number of benzene rings is 1. The molecule has 0 saturated carbocycles. The summed E-state index contributed by atoms with van der Waals surface area (Å²) in [6.45, 7) is 0.334. The van der Waals surface area contributed by atoms with Crippen LogP contribution in [-0.4, -0.2) is 11.9 Å². The van der Waals surface area contributed by atoms with Crippen molar-refractivity contribution in [3.05, 3.63) is 65.5 Å². The number of aromatic carboxylic acids is 1. The highest BCUT2D eigenvalue weighted by molar-refractivity contribution is 6.01. The van der Waals surface area contributed by atoms with E-state index in [1.807, 2.05) is 30.3 Å². The fraction of sp³-hybridized carbons (Fsp3) is 0.133. The zero-order valence-corrected chi connectivity index (χ0v) is 11.0. The fourth-order valence-corrected chi connectivity index (χ4v) is 1.92. The van der Waals surface area contributed by atoms with E-state index >= 15 is 0 Å². The lowest BCUT2D eigenvalue weighted by atomic mass is 10.1. The number of aromatic nitrogens is 1. The van der Waals surface area contributed by atoms with Gasteiger partial charge in [-0.15, -0.1) is 0 Å². The third-order valence-corrected chi connectivity index (χ3v) is 2.91. The van der Waals surface area contributed by atoms with Gasteiger partial charge in [0, 0.05) is 12.6 Å². The molecular weight excluding hydrogens is 256 g/mol. The average Bonchev–Trinajstić information content (AvgIpc) is 2.45. The molecule has 0 atom stereocenters. The molecule has 0 fully saturated rings. The summed E-state index contributed by atoms with van der Waals surface area (Å²) in [6, 6.07) is 12.3. The number of carbonyl (C=O) groups is 2. The monoisotopic (exact) mass is 270 g/mol. The summed E-state index contributed by atoms with van der Waals surface area (Å²) in [5.74, 6) is -1.82. The lowest BCUT2D eigenvalue weighted by Crippen LogP contribution is -2.43. The number of hydrogen-bond donors (Lipinski definition) is 1. The minimum Gasteiger partial charge on any atom is -0.545 e. The molecule has 0 aliphatic heterocycles. The lowest BCUT2D eigenvalue weighted by Gasteiger charge is -2.08. The number of carbonyl (C=O) groups excluding carboxylic acids is 2. The highest BCUT2D eigenvalue weighted by Crippen LogP contribution is 2.03. The highest BCUT2D eigenvalue weighted by atomic mass is 16.4. The number of carboxylic acid groups (broad SMARTS) is 1. The minimum atomic E-state index is -1.37. The third-order valence-electron chi connectivity index (χ3n) is 2.91. The van der Waals surface area contributed by atoms with Crippen LogP contribution in [0.5, 0.6) is 0 Å². The van der Waals surface area contributed by atoms with E-state index in [0.717, 1.165) is 5.56 Å². The van der Waals surface area contributed by atoms with Crippen molar-refractivity contribution >= 4 is 11.9 Å². The topological polar surface area (TPSA) is 73.1 Å². The van der Waals surface area contributed by atoms with Crippen LogP contribution in [0.25, 0.3) is 0 Å². The number of rotatable bonds is 4. The second kappa shape index (κ2) is 5.97. The molecule has 1 aromatic carbocycles. The van der Waals surface area contributed by atoms with E-state index in [-0.39, 0.29) is 11.3 Å². The predicted octanol–water partition coefficient (Wildman–Crippen LogP) is -0.195. The second-order valence-corrected chi connectivity index (χ2v) is 4.34. The van der Waals surface area contributed by atoms with Gasteiger partial charge < -0.3 is 15.2 Å². The summed E-state index contributed by atoms with van der Waals surface area (Å²) in [5.41, 5.74) is 0.887. The maximum atomic E-state index is 12.1. The van der Waals surface area contributed by atoms with Crippen LogP contribution in [0.15, 0.2) is 48.7 Å². The van der Waals surface area contributed by atoms with Crippen molar-refractivity contribution in [3.8, 4) is 0 Å². The molecule has 1 amide bonds. The van der Waals surface area contributed by atoms with Gasteiger partial charge in [-0.25, -0.2) is 0 Å². The molecule has 1 aromatic heterocycles. The van der Waals surface area contributed by atoms with E-state index in [9.17, 15) is 14.7 Å². The van der Waals surface area contributed by atoms with Gasteiger partial charge in [-0.2, -0.15) is 4.57 Å². The molecule has 0 aliphatic carbocycles. The van der Waals surface area contributed by atoms with Gasteiger partial charge >= 0.3 is 5.91 Å². The van der Waals surface area contributed by atoms with E-state index in [0.29, 0.717) is 6.54 Å². The predicted molar refractivity (Wildman–Crippen MR) is 69.6 cm³/mol. The normalized spacial score (nSPS) is 10.1. The zero-order valence-electron chi connectivity index (χ0n) is 11.0. The summed E-state index contributed by atoms with van der Waals surface area (Å²) < 4.78 is 1.46. The van der Waals surface area contributed by atoms with Crippen molar-refractivity contribution in [3.63, 3.8) is 0 Å². The number of nitrogens with zero attached hydrogens (tertiary/aromatic N) is 1. The van der Waals surface area contributed by atoms with Gasteiger partial charge in [-0.3, -0.25) is 4.79 Å². The molecule has 2 aromatic rings. The lowest BCUT2D eigenvalue weighted by molar-refractivity contribution is -0.673.